The largest absolute Gasteiger partial charge is 0.456 e. The fourth-order valence-corrected chi connectivity index (χ4v) is 12.9. The van der Waals surface area contributed by atoms with Gasteiger partial charge in [0.25, 0.3) is 0 Å². The van der Waals surface area contributed by atoms with Crippen LogP contribution in [-0.2, 0) is 4.12 Å². The number of hydrogen-bond donors (Lipinski definition) is 0. The van der Waals surface area contributed by atoms with E-state index in [1.165, 1.54) is 63.0 Å². The lowest BCUT2D eigenvalue weighted by molar-refractivity contribution is 0.510. The molecule has 0 aromatic carbocycles. The Morgan fingerprint density at radius 2 is 1.65 bits per heavy atom. The van der Waals surface area contributed by atoms with E-state index < -0.39 is 16.6 Å². The predicted octanol–water partition coefficient (Wildman–Crippen LogP) is 8.16. The maximum atomic E-state index is 8.90. The van der Waals surface area contributed by atoms with Crippen LogP contribution >= 0.6 is 0 Å². The zero-order valence-corrected chi connectivity index (χ0v) is 22.6. The van der Waals surface area contributed by atoms with Gasteiger partial charge in [-0.05, 0) is 75.6 Å². The lowest BCUT2D eigenvalue weighted by Crippen LogP contribution is -2.42. The number of aliphatic imine (C=N–C) groups is 1. The minimum Gasteiger partial charge on any atom is -0.456 e. The molecule has 1 heterocycles. The summed E-state index contributed by atoms with van der Waals surface area (Å²) in [7, 11) is -2.81. The molecule has 2 atom stereocenters. The zero-order valence-electron chi connectivity index (χ0n) is 20.6. The smallest absolute Gasteiger partial charge is 0.173 e. The molecule has 2 aliphatic rings. The SMILES string of the molecule is C[Si](C)(C)O[Si](C)(C)CCCCCCCCCC1C=CC(C2C=NC(C#N)=CC2)=CC1. The maximum absolute atomic E-state index is 8.90. The van der Waals surface area contributed by atoms with Crippen molar-refractivity contribution in [1.29, 1.82) is 5.26 Å². The fraction of sp³-hybridized carbons (Fsp3) is 0.692. The number of allylic oxidation sites excluding steroid dienone is 6. The quantitative estimate of drug-likeness (QED) is 0.207. The second-order valence-electron chi connectivity index (χ2n) is 10.9. The maximum Gasteiger partial charge on any atom is 0.173 e. The molecular weight excluding hydrogens is 412 g/mol. The first-order chi connectivity index (χ1) is 14.7. The van der Waals surface area contributed by atoms with Crippen LogP contribution in [0.25, 0.3) is 0 Å². The molecule has 172 valence electrons. The number of hydrogen-bond acceptors (Lipinski definition) is 3. The van der Waals surface area contributed by atoms with Crippen LogP contribution in [0.5, 0.6) is 0 Å². The van der Waals surface area contributed by atoms with E-state index in [1.807, 2.05) is 12.3 Å². The highest BCUT2D eigenvalue weighted by Gasteiger charge is 2.28. The molecule has 3 nitrogen and oxygen atoms in total. The molecule has 0 N–H and O–H groups in total. The number of nitrogens with zero attached hydrogens (tertiary/aromatic N) is 2. The van der Waals surface area contributed by atoms with Gasteiger partial charge in [0, 0.05) is 12.1 Å². The number of unbranched alkanes of at least 4 members (excludes halogenated alkanes) is 6. The highest BCUT2D eigenvalue weighted by molar-refractivity contribution is 6.84. The molecule has 0 saturated carbocycles. The molecule has 0 aromatic heterocycles. The molecule has 0 amide bonds. The lowest BCUT2D eigenvalue weighted by atomic mass is 9.85. The Labute approximate surface area is 193 Å². The van der Waals surface area contributed by atoms with Crippen LogP contribution in [0.4, 0.5) is 0 Å². The Hall–Kier alpha value is -1.23. The van der Waals surface area contributed by atoms with Crippen molar-refractivity contribution >= 4 is 22.8 Å². The van der Waals surface area contributed by atoms with E-state index in [-0.39, 0.29) is 0 Å². The normalized spacial score (nSPS) is 21.5. The van der Waals surface area contributed by atoms with Crippen molar-refractivity contribution in [3.8, 4) is 6.07 Å². The van der Waals surface area contributed by atoms with Gasteiger partial charge in [-0.1, -0.05) is 63.2 Å². The van der Waals surface area contributed by atoms with E-state index in [0.717, 1.165) is 12.8 Å². The average Bonchev–Trinajstić information content (AvgIpc) is 2.71. The van der Waals surface area contributed by atoms with Gasteiger partial charge in [-0.15, -0.1) is 0 Å². The summed E-state index contributed by atoms with van der Waals surface area (Å²) in [5, 5.41) is 8.90. The molecular formula is C26H44N2OSi2. The molecule has 0 aromatic rings. The molecule has 0 saturated heterocycles. The summed E-state index contributed by atoms with van der Waals surface area (Å²) in [6.45, 7) is 11.7. The summed E-state index contributed by atoms with van der Waals surface area (Å²) >= 11 is 0. The van der Waals surface area contributed by atoms with Crippen molar-refractivity contribution in [2.45, 2.75) is 103 Å². The monoisotopic (exact) mass is 456 g/mol. The van der Waals surface area contributed by atoms with Crippen LogP contribution in [-0.4, -0.2) is 22.8 Å². The van der Waals surface area contributed by atoms with Gasteiger partial charge in [-0.2, -0.15) is 5.26 Å². The Kier molecular flexibility index (Phi) is 10.7. The molecule has 0 radical (unpaired) electrons. The summed E-state index contributed by atoms with van der Waals surface area (Å²) in [6.07, 6.45) is 24.0. The van der Waals surface area contributed by atoms with E-state index in [1.54, 1.807) is 0 Å². The molecule has 0 bridgehead atoms. The summed E-state index contributed by atoms with van der Waals surface area (Å²) in [4.78, 5) is 4.24. The summed E-state index contributed by atoms with van der Waals surface area (Å²) in [5.41, 5.74) is 1.92. The zero-order chi connectivity index (χ0) is 22.7. The predicted molar refractivity (Wildman–Crippen MR) is 139 cm³/mol. The van der Waals surface area contributed by atoms with Crippen molar-refractivity contribution < 1.29 is 4.12 Å². The minimum absolute atomic E-state index is 0.352. The van der Waals surface area contributed by atoms with E-state index in [9.17, 15) is 0 Å². The van der Waals surface area contributed by atoms with E-state index in [2.05, 4.69) is 62.0 Å². The van der Waals surface area contributed by atoms with Gasteiger partial charge in [0.05, 0.1) is 0 Å². The third-order valence-electron chi connectivity index (χ3n) is 6.15. The van der Waals surface area contributed by atoms with Gasteiger partial charge in [0.1, 0.15) is 11.8 Å². The van der Waals surface area contributed by atoms with Crippen LogP contribution in [0.2, 0.25) is 38.8 Å². The fourth-order valence-electron chi connectivity index (χ4n) is 4.71. The molecule has 2 rings (SSSR count). The molecule has 5 heteroatoms. The standard InChI is InChI=1S/C26H44N2OSi2/c1-30(2,3)29-31(4,5)20-12-10-8-6-7-9-11-13-23-14-16-24(17-15-23)25-18-19-26(21-27)28-22-25/h14,16-17,19,22-23,25H,6-13,15,18,20H2,1-5H3. The van der Waals surface area contributed by atoms with Crippen LogP contribution < -0.4 is 0 Å². The number of rotatable bonds is 13. The molecule has 1 aliphatic carbocycles. The second-order valence-corrected chi connectivity index (χ2v) is 19.9. The van der Waals surface area contributed by atoms with Crippen molar-refractivity contribution in [2.75, 3.05) is 0 Å². The van der Waals surface area contributed by atoms with Crippen molar-refractivity contribution in [3.63, 3.8) is 0 Å². The molecule has 0 spiro atoms. The minimum atomic E-state index is -1.43. The van der Waals surface area contributed by atoms with Gasteiger partial charge in [0.15, 0.2) is 16.6 Å². The molecule has 1 aliphatic heterocycles. The third-order valence-corrected chi connectivity index (χ3v) is 12.4. The summed E-state index contributed by atoms with van der Waals surface area (Å²) in [6, 6.07) is 3.44. The van der Waals surface area contributed by atoms with Crippen LogP contribution in [0, 0.1) is 23.2 Å². The highest BCUT2D eigenvalue weighted by atomic mass is 28.4. The lowest BCUT2D eigenvalue weighted by Gasteiger charge is -2.31. The summed E-state index contributed by atoms with van der Waals surface area (Å²) < 4.78 is 6.44. The van der Waals surface area contributed by atoms with Crippen LogP contribution in [0.1, 0.15) is 64.2 Å². The Morgan fingerprint density at radius 3 is 2.19 bits per heavy atom. The molecule has 2 unspecified atom stereocenters. The van der Waals surface area contributed by atoms with Gasteiger partial charge in [-0.3, -0.25) is 0 Å². The third kappa shape index (κ3) is 10.8. The van der Waals surface area contributed by atoms with Crippen molar-refractivity contribution in [2.24, 2.45) is 16.8 Å². The summed E-state index contributed by atoms with van der Waals surface area (Å²) in [5.74, 6) is 1.05. The first-order valence-electron chi connectivity index (χ1n) is 12.4. The van der Waals surface area contributed by atoms with Gasteiger partial charge in [0.2, 0.25) is 0 Å². The van der Waals surface area contributed by atoms with Crippen LogP contribution in [0.15, 0.2) is 40.6 Å². The first kappa shape index (κ1) is 26.0. The van der Waals surface area contributed by atoms with Gasteiger partial charge < -0.3 is 4.12 Å². The topological polar surface area (TPSA) is 45.4 Å². The van der Waals surface area contributed by atoms with Gasteiger partial charge in [-0.25, -0.2) is 4.99 Å². The van der Waals surface area contributed by atoms with Crippen molar-refractivity contribution in [3.05, 3.63) is 35.6 Å². The molecule has 31 heavy (non-hydrogen) atoms. The molecule has 0 fully saturated rings. The van der Waals surface area contributed by atoms with Crippen LogP contribution in [0.3, 0.4) is 0 Å². The van der Waals surface area contributed by atoms with Gasteiger partial charge >= 0.3 is 0 Å². The van der Waals surface area contributed by atoms with Crippen molar-refractivity contribution in [1.82, 2.24) is 0 Å². The Morgan fingerprint density at radius 1 is 0.968 bits per heavy atom. The van der Waals surface area contributed by atoms with E-state index >= 15 is 0 Å². The Balaban J connectivity index is 1.48. The highest BCUT2D eigenvalue weighted by Crippen LogP contribution is 2.28. The van der Waals surface area contributed by atoms with E-state index in [4.69, 9.17) is 9.38 Å². The number of nitriles is 1. The average molecular weight is 457 g/mol. The first-order valence-corrected chi connectivity index (χ1v) is 18.9. The Bertz CT molecular complexity index is 723. The second kappa shape index (κ2) is 12.7. The van der Waals surface area contributed by atoms with E-state index in [0.29, 0.717) is 17.5 Å².